The molecule has 0 unspecified atom stereocenters. The second kappa shape index (κ2) is 9.62. The second-order valence-electron chi connectivity index (χ2n) is 5.74. The maximum atomic E-state index is 12.7. The average Bonchev–Trinajstić information content (AvgIpc) is 2.63. The Hall–Kier alpha value is -3.77. The smallest absolute Gasteiger partial charge is 0.394 e. The Balaban J connectivity index is 2.27. The molecule has 9 nitrogen and oxygen atoms in total. The zero-order valence-corrected chi connectivity index (χ0v) is 14.8. The maximum absolute atomic E-state index is 12.7. The molecule has 2 aromatic rings. The summed E-state index contributed by atoms with van der Waals surface area (Å²) in [5.41, 5.74) is -1.73. The average molecular weight is 432 g/mol. The third-order valence-electron chi connectivity index (χ3n) is 3.64. The molecule has 160 valence electrons. The third kappa shape index (κ3) is 6.12. The summed E-state index contributed by atoms with van der Waals surface area (Å²) in [6.45, 7) is 0. The molecule has 0 aliphatic heterocycles. The molecule has 0 amide bonds. The molecule has 0 radical (unpaired) electrons. The first-order valence-corrected chi connectivity index (χ1v) is 8.07. The molecule has 0 aliphatic carbocycles. The molecule has 0 aliphatic rings. The van der Waals surface area contributed by atoms with Crippen LogP contribution in [0.25, 0.3) is 0 Å². The van der Waals surface area contributed by atoms with Crippen molar-refractivity contribution in [2.45, 2.75) is 25.7 Å². The van der Waals surface area contributed by atoms with Gasteiger partial charge in [0, 0.05) is 48.2 Å². The van der Waals surface area contributed by atoms with Crippen molar-refractivity contribution >= 4 is 17.5 Å². The first-order chi connectivity index (χ1) is 14.1. The molecule has 0 saturated carbocycles. The lowest BCUT2D eigenvalue weighted by molar-refractivity contribution is -0.385. The van der Waals surface area contributed by atoms with Gasteiger partial charge in [0.25, 0.3) is 11.4 Å². The van der Waals surface area contributed by atoms with Gasteiger partial charge in [-0.15, -0.1) is 0 Å². The molecule has 0 N–H and O–H groups in total. The van der Waals surface area contributed by atoms with Crippen molar-refractivity contribution in [3.05, 3.63) is 67.8 Å². The highest BCUT2D eigenvalue weighted by Crippen LogP contribution is 2.29. The predicted molar refractivity (Wildman–Crippen MR) is 92.3 cm³/mol. The summed E-state index contributed by atoms with van der Waals surface area (Å²) in [5, 5.41) is 21.6. The minimum Gasteiger partial charge on any atom is -0.394 e. The lowest BCUT2D eigenvalue weighted by atomic mass is 10.1. The van der Waals surface area contributed by atoms with Crippen molar-refractivity contribution in [1.82, 2.24) is 0 Å². The van der Waals surface area contributed by atoms with Gasteiger partial charge in [0.1, 0.15) is 11.5 Å². The monoisotopic (exact) mass is 432 g/mol. The fraction of sp³-hybridized carbons (Fsp3) is 0.235. The number of non-ortho nitro benzene ring substituents is 2. The number of carbonyl (C=O) groups excluding carboxylic acids is 1. The van der Waals surface area contributed by atoms with Crippen LogP contribution in [0, 0.1) is 20.2 Å². The molecule has 13 heteroatoms. The Morgan fingerprint density at radius 1 is 0.800 bits per heavy atom. The highest BCUT2D eigenvalue weighted by molar-refractivity contribution is 5.69. The van der Waals surface area contributed by atoms with Crippen LogP contribution >= 0.6 is 0 Å². The van der Waals surface area contributed by atoms with Crippen LogP contribution in [0.5, 0.6) is 11.5 Å². The van der Waals surface area contributed by atoms with Crippen LogP contribution in [0.1, 0.15) is 11.1 Å². The zero-order chi connectivity index (χ0) is 22.4. The standard InChI is InChI=1S/C17H12F4N2O7/c18-15(19)7-9-5-11(22(25)26)1-3-13(9)29-17(24)30-14-4-2-12(23(27)28)6-10(14)8-16(20)21/h1-6,15-16H,7-8H2. The van der Waals surface area contributed by atoms with Crippen molar-refractivity contribution in [1.29, 1.82) is 0 Å². The Morgan fingerprint density at radius 2 is 1.17 bits per heavy atom. The minimum absolute atomic E-state index is 0.354. The largest absolute Gasteiger partial charge is 0.519 e. The fourth-order valence-corrected chi connectivity index (χ4v) is 2.41. The summed E-state index contributed by atoms with van der Waals surface area (Å²) in [5.74, 6) is -0.911. The minimum atomic E-state index is -2.90. The van der Waals surface area contributed by atoms with Crippen molar-refractivity contribution in [2.24, 2.45) is 0 Å². The van der Waals surface area contributed by atoms with Crippen molar-refractivity contribution in [2.75, 3.05) is 0 Å². The molecule has 0 bridgehead atoms. The number of nitrogens with zero attached hydrogens (tertiary/aromatic N) is 2. The molecular weight excluding hydrogens is 420 g/mol. The van der Waals surface area contributed by atoms with Gasteiger partial charge in [-0.2, -0.15) is 0 Å². The Morgan fingerprint density at radius 3 is 1.47 bits per heavy atom. The SMILES string of the molecule is O=C(Oc1ccc([N+](=O)[O-])cc1CC(F)F)Oc1ccc([N+](=O)[O-])cc1CC(F)F. The fourth-order valence-electron chi connectivity index (χ4n) is 2.41. The lowest BCUT2D eigenvalue weighted by Gasteiger charge is -2.12. The van der Waals surface area contributed by atoms with Gasteiger partial charge in [0.15, 0.2) is 0 Å². The van der Waals surface area contributed by atoms with Gasteiger partial charge >= 0.3 is 6.16 Å². The highest BCUT2D eigenvalue weighted by atomic mass is 19.3. The van der Waals surface area contributed by atoms with Gasteiger partial charge in [-0.05, 0) is 12.1 Å². The van der Waals surface area contributed by atoms with Gasteiger partial charge < -0.3 is 9.47 Å². The summed E-state index contributed by atoms with van der Waals surface area (Å²) in [4.78, 5) is 31.9. The van der Waals surface area contributed by atoms with Crippen LogP contribution < -0.4 is 9.47 Å². The van der Waals surface area contributed by atoms with Crippen LogP contribution in [0.4, 0.5) is 33.7 Å². The van der Waals surface area contributed by atoms with Crippen molar-refractivity contribution in [3.8, 4) is 11.5 Å². The number of halogens is 4. The molecule has 0 spiro atoms. The number of alkyl halides is 4. The Kier molecular flexibility index (Phi) is 7.22. The lowest BCUT2D eigenvalue weighted by Crippen LogP contribution is -2.17. The number of nitro groups is 2. The number of nitro benzene ring substituents is 2. The van der Waals surface area contributed by atoms with E-state index >= 15 is 0 Å². The Labute approximate surface area is 165 Å². The van der Waals surface area contributed by atoms with E-state index in [1.54, 1.807) is 0 Å². The summed E-state index contributed by atoms with van der Waals surface area (Å²) >= 11 is 0. The Bertz CT molecular complexity index is 894. The number of benzene rings is 2. The van der Waals surface area contributed by atoms with Gasteiger partial charge in [0.2, 0.25) is 12.9 Å². The molecular formula is C17H12F4N2O7. The van der Waals surface area contributed by atoms with Crippen LogP contribution in [-0.2, 0) is 12.8 Å². The van der Waals surface area contributed by atoms with Gasteiger partial charge in [0.05, 0.1) is 9.85 Å². The maximum Gasteiger partial charge on any atom is 0.519 e. The van der Waals surface area contributed by atoms with Gasteiger partial charge in [-0.25, -0.2) is 22.4 Å². The van der Waals surface area contributed by atoms with Crippen LogP contribution in [0.2, 0.25) is 0 Å². The van der Waals surface area contributed by atoms with E-state index in [0.29, 0.717) is 0 Å². The summed E-state index contributed by atoms with van der Waals surface area (Å²) < 4.78 is 60.5. The topological polar surface area (TPSA) is 122 Å². The number of rotatable bonds is 8. The molecule has 2 aromatic carbocycles. The van der Waals surface area contributed by atoms with Crippen molar-refractivity contribution < 1.29 is 41.7 Å². The molecule has 0 saturated heterocycles. The van der Waals surface area contributed by atoms with E-state index in [1.807, 2.05) is 0 Å². The molecule has 0 atom stereocenters. The number of hydrogen-bond donors (Lipinski definition) is 0. The van der Waals surface area contributed by atoms with E-state index in [4.69, 9.17) is 9.47 Å². The molecule has 0 aromatic heterocycles. The normalized spacial score (nSPS) is 10.9. The third-order valence-corrected chi connectivity index (χ3v) is 3.64. The molecule has 0 fully saturated rings. The van der Waals surface area contributed by atoms with Crippen LogP contribution in [0.3, 0.4) is 0 Å². The number of ether oxygens (including phenoxy) is 2. The zero-order valence-electron chi connectivity index (χ0n) is 14.8. The predicted octanol–water partition coefficient (Wildman–Crippen LogP) is 4.70. The van der Waals surface area contributed by atoms with Crippen LogP contribution in [-0.4, -0.2) is 28.9 Å². The van der Waals surface area contributed by atoms with E-state index in [1.165, 1.54) is 0 Å². The highest BCUT2D eigenvalue weighted by Gasteiger charge is 2.21. The first-order valence-electron chi connectivity index (χ1n) is 8.07. The molecule has 30 heavy (non-hydrogen) atoms. The molecule has 2 rings (SSSR count). The molecule has 0 heterocycles. The quantitative estimate of drug-likeness (QED) is 0.195. The second-order valence-corrected chi connectivity index (χ2v) is 5.74. The van der Waals surface area contributed by atoms with E-state index in [2.05, 4.69) is 0 Å². The summed E-state index contributed by atoms with van der Waals surface area (Å²) in [6, 6.07) is 5.23. The van der Waals surface area contributed by atoms with E-state index in [0.717, 1.165) is 36.4 Å². The van der Waals surface area contributed by atoms with Crippen LogP contribution in [0.15, 0.2) is 36.4 Å². The van der Waals surface area contributed by atoms with E-state index < -0.39 is 64.6 Å². The summed E-state index contributed by atoms with van der Waals surface area (Å²) in [7, 11) is 0. The number of carbonyl (C=O) groups is 1. The summed E-state index contributed by atoms with van der Waals surface area (Å²) in [6.07, 6.45) is -9.24. The van der Waals surface area contributed by atoms with Gasteiger partial charge in [-0.3, -0.25) is 20.2 Å². The van der Waals surface area contributed by atoms with Crippen molar-refractivity contribution in [3.63, 3.8) is 0 Å². The first kappa shape index (κ1) is 22.5. The van der Waals surface area contributed by atoms with E-state index in [-0.39, 0.29) is 11.1 Å². The number of hydrogen-bond acceptors (Lipinski definition) is 7. The van der Waals surface area contributed by atoms with E-state index in [9.17, 15) is 42.6 Å². The van der Waals surface area contributed by atoms with Gasteiger partial charge in [-0.1, -0.05) is 0 Å².